The molecule has 1 unspecified atom stereocenters. The minimum Gasteiger partial charge on any atom is -0.469 e. The summed E-state index contributed by atoms with van der Waals surface area (Å²) in [5.41, 5.74) is 8.41. The predicted octanol–water partition coefficient (Wildman–Crippen LogP) is 3.96. The van der Waals surface area contributed by atoms with E-state index in [4.69, 9.17) is 10.2 Å². The zero-order valence-electron chi connectivity index (χ0n) is 11.8. The van der Waals surface area contributed by atoms with E-state index in [1.54, 1.807) is 6.26 Å². The van der Waals surface area contributed by atoms with Gasteiger partial charge >= 0.3 is 0 Å². The fraction of sp³-hybridized carbons (Fsp3) is 0.412. The summed E-state index contributed by atoms with van der Waals surface area (Å²) in [6, 6.07) is 12.8. The molecule has 2 aromatic rings. The highest BCUT2D eigenvalue weighted by atomic mass is 16.3. The first-order valence-corrected chi connectivity index (χ1v) is 7.03. The van der Waals surface area contributed by atoms with Crippen molar-refractivity contribution in [1.82, 2.24) is 0 Å². The summed E-state index contributed by atoms with van der Waals surface area (Å²) in [6.45, 7) is 5.15. The second-order valence-corrected chi connectivity index (χ2v) is 5.48. The Morgan fingerprint density at radius 3 is 2.37 bits per heavy atom. The molecule has 2 heteroatoms. The predicted molar refractivity (Wildman–Crippen MR) is 79.2 cm³/mol. The molecule has 1 atom stereocenters. The van der Waals surface area contributed by atoms with Crippen molar-refractivity contribution in [2.24, 2.45) is 11.7 Å². The van der Waals surface area contributed by atoms with Gasteiger partial charge in [0.15, 0.2) is 0 Å². The Balaban J connectivity index is 2.18. The normalized spacial score (nSPS) is 12.8. The van der Waals surface area contributed by atoms with E-state index >= 15 is 0 Å². The van der Waals surface area contributed by atoms with Gasteiger partial charge in [0.1, 0.15) is 5.76 Å². The van der Waals surface area contributed by atoms with Crippen molar-refractivity contribution in [2.75, 3.05) is 6.54 Å². The topological polar surface area (TPSA) is 39.2 Å². The van der Waals surface area contributed by atoms with Crippen LogP contribution in [0.4, 0.5) is 0 Å². The number of nitrogens with two attached hydrogens (primary N) is 1. The highest BCUT2D eigenvalue weighted by Gasteiger charge is 2.15. The van der Waals surface area contributed by atoms with Gasteiger partial charge in [-0.3, -0.25) is 0 Å². The zero-order valence-corrected chi connectivity index (χ0v) is 11.8. The van der Waals surface area contributed by atoms with Crippen LogP contribution in [0.25, 0.3) is 0 Å². The lowest BCUT2D eigenvalue weighted by Crippen LogP contribution is -2.08. The third-order valence-corrected chi connectivity index (χ3v) is 3.37. The Morgan fingerprint density at radius 1 is 1.11 bits per heavy atom. The molecule has 0 spiro atoms. The summed E-state index contributed by atoms with van der Waals surface area (Å²) >= 11 is 0. The second kappa shape index (κ2) is 6.58. The summed E-state index contributed by atoms with van der Waals surface area (Å²) < 4.78 is 5.54. The van der Waals surface area contributed by atoms with Gasteiger partial charge in [-0.15, -0.1) is 0 Å². The van der Waals surface area contributed by atoms with Crippen LogP contribution in [0.3, 0.4) is 0 Å². The third kappa shape index (κ3) is 3.71. The molecule has 19 heavy (non-hydrogen) atoms. The molecule has 0 aliphatic rings. The maximum Gasteiger partial charge on any atom is 0.111 e. The molecule has 2 N–H and O–H groups in total. The molecular weight excluding hydrogens is 234 g/mol. The molecule has 0 aliphatic heterocycles. The quantitative estimate of drug-likeness (QED) is 0.850. The number of rotatable bonds is 6. The third-order valence-electron chi connectivity index (χ3n) is 3.37. The van der Waals surface area contributed by atoms with Gasteiger partial charge in [-0.2, -0.15) is 0 Å². The Hall–Kier alpha value is -1.54. The van der Waals surface area contributed by atoms with Crippen molar-refractivity contribution < 1.29 is 4.42 Å². The van der Waals surface area contributed by atoms with Crippen molar-refractivity contribution in [3.63, 3.8) is 0 Å². The maximum absolute atomic E-state index is 5.73. The highest BCUT2D eigenvalue weighted by Crippen LogP contribution is 2.28. The Labute approximate surface area is 115 Å². The lowest BCUT2D eigenvalue weighted by Gasteiger charge is -2.15. The molecule has 0 radical (unpaired) electrons. The van der Waals surface area contributed by atoms with E-state index < -0.39 is 0 Å². The lowest BCUT2D eigenvalue weighted by molar-refractivity contribution is 0.476. The second-order valence-electron chi connectivity index (χ2n) is 5.48. The first kappa shape index (κ1) is 13.9. The summed E-state index contributed by atoms with van der Waals surface area (Å²) in [5, 5.41) is 0. The summed E-state index contributed by atoms with van der Waals surface area (Å²) in [5.74, 6) is 1.96. The van der Waals surface area contributed by atoms with Gasteiger partial charge < -0.3 is 10.2 Å². The van der Waals surface area contributed by atoms with Gasteiger partial charge in [0.05, 0.1) is 6.26 Å². The largest absolute Gasteiger partial charge is 0.469 e. The summed E-state index contributed by atoms with van der Waals surface area (Å²) in [4.78, 5) is 0. The van der Waals surface area contributed by atoms with Crippen LogP contribution in [0.2, 0.25) is 0 Å². The average molecular weight is 257 g/mol. The van der Waals surface area contributed by atoms with Gasteiger partial charge in [0, 0.05) is 5.92 Å². The van der Waals surface area contributed by atoms with E-state index in [1.165, 1.54) is 11.1 Å². The SMILES string of the molecule is CC(C)Cc1ccc(C(CCN)c2ccco2)cc1. The standard InChI is InChI=1S/C17H23NO/c1-13(2)12-14-5-7-15(8-6-14)16(9-10-18)17-4-3-11-19-17/h3-8,11,13,16H,9-10,12,18H2,1-2H3. The van der Waals surface area contributed by atoms with E-state index in [-0.39, 0.29) is 5.92 Å². The first-order chi connectivity index (χ1) is 9.20. The minimum absolute atomic E-state index is 0.271. The number of hydrogen-bond acceptors (Lipinski definition) is 2. The molecule has 0 bridgehead atoms. The molecule has 0 aliphatic carbocycles. The number of benzene rings is 1. The van der Waals surface area contributed by atoms with Gasteiger partial charge in [-0.05, 0) is 48.6 Å². The molecule has 0 fully saturated rings. The Bertz CT molecular complexity index is 470. The van der Waals surface area contributed by atoms with E-state index in [0.29, 0.717) is 12.5 Å². The number of furan rings is 1. The van der Waals surface area contributed by atoms with Crippen LogP contribution in [0, 0.1) is 5.92 Å². The minimum atomic E-state index is 0.271. The molecule has 0 saturated heterocycles. The highest BCUT2D eigenvalue weighted by molar-refractivity contribution is 5.30. The van der Waals surface area contributed by atoms with Crippen LogP contribution in [-0.4, -0.2) is 6.54 Å². The van der Waals surface area contributed by atoms with Gasteiger partial charge in [0.25, 0.3) is 0 Å². The first-order valence-electron chi connectivity index (χ1n) is 7.03. The Kier molecular flexibility index (Phi) is 4.80. The van der Waals surface area contributed by atoms with Gasteiger partial charge in [-0.1, -0.05) is 38.1 Å². The Morgan fingerprint density at radius 2 is 1.84 bits per heavy atom. The molecule has 1 heterocycles. The van der Waals surface area contributed by atoms with Crippen molar-refractivity contribution >= 4 is 0 Å². The summed E-state index contributed by atoms with van der Waals surface area (Å²) in [7, 11) is 0. The monoisotopic (exact) mass is 257 g/mol. The molecule has 1 aromatic carbocycles. The van der Waals surface area contributed by atoms with Crippen molar-refractivity contribution in [3.8, 4) is 0 Å². The van der Waals surface area contributed by atoms with Crippen LogP contribution < -0.4 is 5.73 Å². The van der Waals surface area contributed by atoms with Crippen LogP contribution in [0.1, 0.15) is 43.1 Å². The van der Waals surface area contributed by atoms with E-state index in [1.807, 2.05) is 12.1 Å². The molecule has 1 aromatic heterocycles. The van der Waals surface area contributed by atoms with E-state index in [9.17, 15) is 0 Å². The maximum atomic E-state index is 5.73. The lowest BCUT2D eigenvalue weighted by atomic mass is 9.91. The molecule has 0 saturated carbocycles. The van der Waals surface area contributed by atoms with Crippen molar-refractivity contribution in [2.45, 2.75) is 32.6 Å². The van der Waals surface area contributed by atoms with Gasteiger partial charge in [-0.25, -0.2) is 0 Å². The molecule has 0 amide bonds. The fourth-order valence-corrected chi connectivity index (χ4v) is 2.49. The van der Waals surface area contributed by atoms with Crippen LogP contribution in [-0.2, 0) is 6.42 Å². The zero-order chi connectivity index (χ0) is 13.7. The fourth-order valence-electron chi connectivity index (χ4n) is 2.49. The average Bonchev–Trinajstić information content (AvgIpc) is 2.90. The smallest absolute Gasteiger partial charge is 0.111 e. The molecular formula is C17H23NO. The molecule has 2 rings (SSSR count). The van der Waals surface area contributed by atoms with E-state index in [2.05, 4.69) is 38.1 Å². The van der Waals surface area contributed by atoms with Crippen LogP contribution in [0.5, 0.6) is 0 Å². The van der Waals surface area contributed by atoms with Gasteiger partial charge in [0.2, 0.25) is 0 Å². The van der Waals surface area contributed by atoms with Crippen molar-refractivity contribution in [3.05, 3.63) is 59.5 Å². The summed E-state index contributed by atoms with van der Waals surface area (Å²) in [6.07, 6.45) is 3.77. The van der Waals surface area contributed by atoms with Crippen LogP contribution in [0.15, 0.2) is 47.1 Å². The van der Waals surface area contributed by atoms with E-state index in [0.717, 1.165) is 18.6 Å². The van der Waals surface area contributed by atoms with Crippen LogP contribution >= 0.6 is 0 Å². The molecule has 102 valence electrons. The number of hydrogen-bond donors (Lipinski definition) is 1. The molecule has 2 nitrogen and oxygen atoms in total. The van der Waals surface area contributed by atoms with Crippen molar-refractivity contribution in [1.29, 1.82) is 0 Å².